The second-order valence-corrected chi connectivity index (χ2v) is 14.5. The molecule has 2 aliphatic heterocycles. The van der Waals surface area contributed by atoms with E-state index < -0.39 is 11.9 Å². The predicted octanol–water partition coefficient (Wildman–Crippen LogP) is 9.76. The molecule has 6 rings (SSSR count). The highest BCUT2D eigenvalue weighted by Gasteiger charge is 2.38. The molecule has 0 atom stereocenters. The van der Waals surface area contributed by atoms with Crippen molar-refractivity contribution in [2.45, 2.75) is 65.2 Å². The first-order chi connectivity index (χ1) is 23.9. The average Bonchev–Trinajstić information content (AvgIpc) is 3.10. The van der Waals surface area contributed by atoms with Crippen molar-refractivity contribution in [3.8, 4) is 11.1 Å². The lowest BCUT2D eigenvalue weighted by molar-refractivity contribution is -0.138. The topological polar surface area (TPSA) is 59.1 Å². The van der Waals surface area contributed by atoms with E-state index >= 15 is 0 Å². The Balaban J connectivity index is 1.41. The monoisotopic (exact) mass is 668 g/mol. The maximum atomic E-state index is 11.8. The van der Waals surface area contributed by atoms with E-state index in [1.807, 2.05) is 0 Å². The predicted molar refractivity (Wildman–Crippen MR) is 204 cm³/mol. The zero-order valence-corrected chi connectivity index (χ0v) is 30.3. The minimum atomic E-state index is -0.399. The molecule has 4 aromatic rings. The number of hydrogen-bond donors (Lipinski definition) is 0. The van der Waals surface area contributed by atoms with Crippen LogP contribution in [0.2, 0.25) is 0 Å². The molecule has 6 nitrogen and oxygen atoms in total. The SMILES string of the molecule is C=CC(=O)OCCCN1c2cc(-c3ccc4c(c3)N(CCCOC(=O)C=C)c3ccc(C)cc3C4(C)C)ccc2C(C)(C)c2cc(C)ccc21. The van der Waals surface area contributed by atoms with E-state index in [4.69, 9.17) is 9.47 Å². The van der Waals surface area contributed by atoms with Crippen LogP contribution in [0.15, 0.2) is 98.1 Å². The molecule has 0 bridgehead atoms. The zero-order chi connectivity index (χ0) is 35.8. The van der Waals surface area contributed by atoms with Gasteiger partial charge in [-0.05, 0) is 84.3 Å². The van der Waals surface area contributed by atoms with E-state index in [-0.39, 0.29) is 10.8 Å². The molecule has 0 radical (unpaired) electrons. The molecule has 0 saturated heterocycles. The molecule has 0 amide bonds. The summed E-state index contributed by atoms with van der Waals surface area (Å²) < 4.78 is 10.7. The molecule has 0 N–H and O–H groups in total. The van der Waals surface area contributed by atoms with E-state index in [9.17, 15) is 9.59 Å². The number of rotatable bonds is 11. The van der Waals surface area contributed by atoms with Crippen LogP contribution in [0.5, 0.6) is 0 Å². The highest BCUT2D eigenvalue weighted by Crippen LogP contribution is 2.52. The second kappa shape index (κ2) is 13.7. The Bertz CT molecular complexity index is 1850. The van der Waals surface area contributed by atoms with Gasteiger partial charge in [0.25, 0.3) is 0 Å². The van der Waals surface area contributed by atoms with E-state index in [0.717, 1.165) is 11.1 Å². The third-order valence-electron chi connectivity index (χ3n) is 10.4. The molecule has 2 aliphatic rings. The summed E-state index contributed by atoms with van der Waals surface area (Å²) in [7, 11) is 0. The highest BCUT2D eigenvalue weighted by molar-refractivity contribution is 5.86. The van der Waals surface area contributed by atoms with Gasteiger partial charge in [-0.1, -0.05) is 101 Å². The quantitative estimate of drug-likeness (QED) is 0.0901. The summed E-state index contributed by atoms with van der Waals surface area (Å²) in [6, 6.07) is 27.1. The molecule has 0 spiro atoms. The Morgan fingerprint density at radius 1 is 0.580 bits per heavy atom. The van der Waals surface area contributed by atoms with Gasteiger partial charge in [-0.2, -0.15) is 0 Å². The molecular weight excluding hydrogens is 620 g/mol. The number of esters is 2. The Hall–Kier alpha value is -5.10. The number of carbonyl (C=O) groups excluding carboxylic acids is 2. The Morgan fingerprint density at radius 3 is 1.36 bits per heavy atom. The van der Waals surface area contributed by atoms with E-state index in [2.05, 4.69) is 137 Å². The molecule has 4 aromatic carbocycles. The standard InChI is InChI=1S/C44H48N2O4/c1-9-41(47)49-23-11-21-45-37-19-13-29(3)25-35(37)43(5,6)33-17-15-31(27-39(33)45)32-16-18-34-40(28-32)46(22-12-24-50-42(48)10-2)38-20-14-30(4)26-36(38)44(34,7)8/h9-10,13-20,25-28H,1-2,11-12,21-24H2,3-8H3. The lowest BCUT2D eigenvalue weighted by Gasteiger charge is -2.43. The first-order valence-electron chi connectivity index (χ1n) is 17.5. The van der Waals surface area contributed by atoms with Crippen molar-refractivity contribution in [3.05, 3.63) is 131 Å². The lowest BCUT2D eigenvalue weighted by atomic mass is 9.72. The fourth-order valence-corrected chi connectivity index (χ4v) is 7.64. The maximum Gasteiger partial charge on any atom is 0.330 e. The summed E-state index contributed by atoms with van der Waals surface area (Å²) in [5.41, 5.74) is 14.1. The highest BCUT2D eigenvalue weighted by atomic mass is 16.5. The second-order valence-electron chi connectivity index (χ2n) is 14.5. The van der Waals surface area contributed by atoms with Gasteiger partial charge in [0.1, 0.15) is 0 Å². The number of hydrogen-bond acceptors (Lipinski definition) is 6. The summed E-state index contributed by atoms with van der Waals surface area (Å²) in [6.45, 7) is 22.6. The average molecular weight is 669 g/mol. The van der Waals surface area contributed by atoms with Gasteiger partial charge in [-0.3, -0.25) is 0 Å². The Labute approximate surface area is 297 Å². The molecule has 0 saturated carbocycles. The number of benzene rings is 4. The third kappa shape index (κ3) is 6.35. The van der Waals surface area contributed by atoms with Crippen LogP contribution < -0.4 is 9.80 Å². The van der Waals surface area contributed by atoms with Gasteiger partial charge in [0.2, 0.25) is 0 Å². The van der Waals surface area contributed by atoms with Crippen molar-refractivity contribution in [1.82, 2.24) is 0 Å². The number of fused-ring (bicyclic) bond motifs is 4. The van der Waals surface area contributed by atoms with Gasteiger partial charge in [-0.15, -0.1) is 0 Å². The molecule has 0 aliphatic carbocycles. The summed E-state index contributed by atoms with van der Waals surface area (Å²) in [6.07, 6.45) is 3.78. The molecule has 6 heteroatoms. The first-order valence-corrected chi connectivity index (χ1v) is 17.5. The Morgan fingerprint density at radius 2 is 0.980 bits per heavy atom. The lowest BCUT2D eigenvalue weighted by Crippen LogP contribution is -2.34. The van der Waals surface area contributed by atoms with Crippen molar-refractivity contribution in [3.63, 3.8) is 0 Å². The summed E-state index contributed by atoms with van der Waals surface area (Å²) in [5, 5.41) is 0. The van der Waals surface area contributed by atoms with Crippen molar-refractivity contribution >= 4 is 34.7 Å². The van der Waals surface area contributed by atoms with Gasteiger partial charge in [0.05, 0.1) is 13.2 Å². The number of nitrogens with zero attached hydrogens (tertiary/aromatic N) is 2. The molecule has 0 unspecified atom stereocenters. The fraction of sp³-hybridized carbons (Fsp3) is 0.318. The van der Waals surface area contributed by atoms with Gasteiger partial charge in [-0.25, -0.2) is 9.59 Å². The van der Waals surface area contributed by atoms with Gasteiger partial charge < -0.3 is 19.3 Å². The normalized spacial score (nSPS) is 14.8. The van der Waals surface area contributed by atoms with Crippen LogP contribution in [-0.2, 0) is 29.9 Å². The van der Waals surface area contributed by atoms with Gasteiger partial charge in [0, 0.05) is 58.8 Å². The molecule has 0 aromatic heterocycles. The number of ether oxygens (including phenoxy) is 2. The molecule has 2 heterocycles. The van der Waals surface area contributed by atoms with Crippen LogP contribution in [0.3, 0.4) is 0 Å². The largest absolute Gasteiger partial charge is 0.462 e. The van der Waals surface area contributed by atoms with E-state index in [0.29, 0.717) is 39.1 Å². The smallest absolute Gasteiger partial charge is 0.330 e. The van der Waals surface area contributed by atoms with Crippen molar-refractivity contribution in [2.24, 2.45) is 0 Å². The summed E-state index contributed by atoms with van der Waals surface area (Å²) in [4.78, 5) is 28.3. The van der Waals surface area contributed by atoms with Crippen molar-refractivity contribution < 1.29 is 19.1 Å². The molecule has 50 heavy (non-hydrogen) atoms. The minimum absolute atomic E-state index is 0.200. The minimum Gasteiger partial charge on any atom is -0.462 e. The number of aryl methyl sites for hydroxylation is 2. The molecule has 0 fully saturated rings. The fourth-order valence-electron chi connectivity index (χ4n) is 7.64. The van der Waals surface area contributed by atoms with Crippen LogP contribution >= 0.6 is 0 Å². The first kappa shape index (κ1) is 34.8. The third-order valence-corrected chi connectivity index (χ3v) is 10.4. The van der Waals surface area contributed by atoms with Crippen LogP contribution in [0.4, 0.5) is 22.7 Å². The van der Waals surface area contributed by atoms with Crippen LogP contribution in [0.1, 0.15) is 73.9 Å². The summed E-state index contributed by atoms with van der Waals surface area (Å²) in [5.74, 6) is -0.799. The van der Waals surface area contributed by atoms with Gasteiger partial charge in [0.15, 0.2) is 0 Å². The van der Waals surface area contributed by atoms with Crippen LogP contribution in [0.25, 0.3) is 11.1 Å². The zero-order valence-electron chi connectivity index (χ0n) is 30.3. The molecular formula is C44H48N2O4. The van der Waals surface area contributed by atoms with Crippen LogP contribution in [0, 0.1) is 13.8 Å². The van der Waals surface area contributed by atoms with Gasteiger partial charge >= 0.3 is 11.9 Å². The maximum absolute atomic E-state index is 11.8. The van der Waals surface area contributed by atoms with Crippen LogP contribution in [-0.4, -0.2) is 38.2 Å². The van der Waals surface area contributed by atoms with Crippen molar-refractivity contribution in [2.75, 3.05) is 36.1 Å². The number of anilines is 4. The van der Waals surface area contributed by atoms with E-state index in [1.54, 1.807) is 0 Å². The Kier molecular flexibility index (Phi) is 9.50. The summed E-state index contributed by atoms with van der Waals surface area (Å²) >= 11 is 0. The van der Waals surface area contributed by atoms with E-state index in [1.165, 1.54) is 68.3 Å². The number of carbonyl (C=O) groups is 2. The molecule has 258 valence electrons. The van der Waals surface area contributed by atoms with Crippen molar-refractivity contribution in [1.29, 1.82) is 0 Å².